The van der Waals surface area contributed by atoms with Gasteiger partial charge in [0.2, 0.25) is 0 Å². The summed E-state index contributed by atoms with van der Waals surface area (Å²) in [5.41, 5.74) is 0. The van der Waals surface area contributed by atoms with E-state index in [9.17, 15) is 0 Å². The number of nitrogens with zero attached hydrogens (tertiary/aromatic N) is 3. The van der Waals surface area contributed by atoms with Gasteiger partial charge >= 0.3 is 0 Å². The summed E-state index contributed by atoms with van der Waals surface area (Å²) in [4.78, 5) is 4.34. The Morgan fingerprint density at radius 2 is 2.11 bits per heavy atom. The van der Waals surface area contributed by atoms with E-state index in [1.54, 1.807) is 6.33 Å². The SMILES string of the molecule is CCNC(Cc1ncnn1CC)C(CC)OCC. The van der Waals surface area contributed by atoms with Crippen LogP contribution in [0, 0.1) is 0 Å². The van der Waals surface area contributed by atoms with Gasteiger partial charge in [-0.15, -0.1) is 0 Å². The van der Waals surface area contributed by atoms with Crippen LogP contribution in [0.15, 0.2) is 6.33 Å². The molecule has 18 heavy (non-hydrogen) atoms. The largest absolute Gasteiger partial charge is 0.377 e. The van der Waals surface area contributed by atoms with Crippen molar-refractivity contribution in [3.05, 3.63) is 12.2 Å². The van der Waals surface area contributed by atoms with E-state index in [4.69, 9.17) is 4.74 Å². The normalized spacial score (nSPS) is 14.7. The van der Waals surface area contributed by atoms with Crippen molar-refractivity contribution < 1.29 is 4.74 Å². The van der Waals surface area contributed by atoms with Crippen LogP contribution in [0.4, 0.5) is 0 Å². The maximum atomic E-state index is 5.81. The minimum absolute atomic E-state index is 0.233. The lowest BCUT2D eigenvalue weighted by atomic mass is 10.0. The molecule has 1 aromatic heterocycles. The van der Waals surface area contributed by atoms with E-state index >= 15 is 0 Å². The van der Waals surface area contributed by atoms with Crippen LogP contribution in [0.1, 0.15) is 39.9 Å². The fraction of sp³-hybridized carbons (Fsp3) is 0.846. The third-order valence-corrected chi connectivity index (χ3v) is 3.10. The molecule has 0 aliphatic heterocycles. The zero-order chi connectivity index (χ0) is 13.4. The van der Waals surface area contributed by atoms with Crippen molar-refractivity contribution in [3.8, 4) is 0 Å². The van der Waals surface area contributed by atoms with Gasteiger partial charge in [-0.05, 0) is 26.8 Å². The number of ether oxygens (including phenoxy) is 1. The van der Waals surface area contributed by atoms with Gasteiger partial charge in [0, 0.05) is 25.6 Å². The Hall–Kier alpha value is -0.940. The number of aryl methyl sites for hydroxylation is 1. The maximum absolute atomic E-state index is 5.81. The van der Waals surface area contributed by atoms with E-state index in [-0.39, 0.29) is 6.10 Å². The minimum atomic E-state index is 0.233. The molecule has 5 heteroatoms. The molecule has 0 fully saturated rings. The maximum Gasteiger partial charge on any atom is 0.138 e. The van der Waals surface area contributed by atoms with Gasteiger partial charge in [0.05, 0.1) is 6.10 Å². The molecule has 1 aromatic rings. The second-order valence-electron chi connectivity index (χ2n) is 4.26. The first-order valence-corrected chi connectivity index (χ1v) is 6.98. The molecule has 1 heterocycles. The van der Waals surface area contributed by atoms with Crippen LogP contribution >= 0.6 is 0 Å². The molecule has 0 spiro atoms. The summed E-state index contributed by atoms with van der Waals surface area (Å²) in [6.45, 7) is 11.0. The van der Waals surface area contributed by atoms with E-state index in [1.807, 2.05) is 11.6 Å². The molecule has 0 saturated carbocycles. The van der Waals surface area contributed by atoms with Crippen molar-refractivity contribution >= 4 is 0 Å². The van der Waals surface area contributed by atoms with Crippen LogP contribution in [0.3, 0.4) is 0 Å². The molecular weight excluding hydrogens is 228 g/mol. The second kappa shape index (κ2) is 8.21. The van der Waals surface area contributed by atoms with Crippen molar-refractivity contribution in [2.24, 2.45) is 0 Å². The molecule has 0 saturated heterocycles. The summed E-state index contributed by atoms with van der Waals surface area (Å²) in [6, 6.07) is 0.300. The van der Waals surface area contributed by atoms with E-state index in [1.165, 1.54) is 0 Å². The van der Waals surface area contributed by atoms with E-state index in [2.05, 4.69) is 36.2 Å². The predicted octanol–water partition coefficient (Wildman–Crippen LogP) is 1.63. The summed E-state index contributed by atoms with van der Waals surface area (Å²) in [5.74, 6) is 1.03. The molecule has 1 rings (SSSR count). The summed E-state index contributed by atoms with van der Waals surface area (Å²) in [5, 5.41) is 7.72. The van der Waals surface area contributed by atoms with Gasteiger partial charge in [0.1, 0.15) is 12.2 Å². The first-order chi connectivity index (χ1) is 8.76. The van der Waals surface area contributed by atoms with Gasteiger partial charge in [-0.3, -0.25) is 4.68 Å². The van der Waals surface area contributed by atoms with Crippen molar-refractivity contribution in [2.45, 2.75) is 59.2 Å². The first-order valence-electron chi connectivity index (χ1n) is 6.98. The van der Waals surface area contributed by atoms with Crippen LogP contribution in [-0.2, 0) is 17.7 Å². The fourth-order valence-electron chi connectivity index (χ4n) is 2.24. The molecule has 2 unspecified atom stereocenters. The Morgan fingerprint density at radius 3 is 2.67 bits per heavy atom. The molecule has 0 aliphatic carbocycles. The summed E-state index contributed by atoms with van der Waals surface area (Å²) >= 11 is 0. The molecule has 5 nitrogen and oxygen atoms in total. The fourth-order valence-corrected chi connectivity index (χ4v) is 2.24. The Labute approximate surface area is 110 Å². The third kappa shape index (κ3) is 4.07. The highest BCUT2D eigenvalue weighted by molar-refractivity contribution is 4.92. The molecule has 0 amide bonds. The number of rotatable bonds is 9. The first kappa shape index (κ1) is 15.1. The monoisotopic (exact) mass is 254 g/mol. The van der Waals surface area contributed by atoms with Crippen LogP contribution in [0.2, 0.25) is 0 Å². The van der Waals surface area contributed by atoms with Crippen LogP contribution in [0.5, 0.6) is 0 Å². The quantitative estimate of drug-likeness (QED) is 0.728. The lowest BCUT2D eigenvalue weighted by Gasteiger charge is -2.26. The zero-order valence-electron chi connectivity index (χ0n) is 12.0. The van der Waals surface area contributed by atoms with Gasteiger partial charge < -0.3 is 10.1 Å². The number of nitrogens with one attached hydrogen (secondary N) is 1. The molecule has 2 atom stereocenters. The van der Waals surface area contributed by atoms with Crippen LogP contribution < -0.4 is 5.32 Å². The van der Waals surface area contributed by atoms with E-state index in [0.29, 0.717) is 6.04 Å². The molecule has 0 bridgehead atoms. The molecule has 0 radical (unpaired) electrons. The van der Waals surface area contributed by atoms with Gasteiger partial charge in [0.15, 0.2) is 0 Å². The van der Waals surface area contributed by atoms with E-state index in [0.717, 1.165) is 38.4 Å². The number of likely N-dealkylation sites (N-methyl/N-ethyl adjacent to an activating group) is 1. The summed E-state index contributed by atoms with van der Waals surface area (Å²) in [7, 11) is 0. The molecule has 0 aromatic carbocycles. The average Bonchev–Trinajstić information content (AvgIpc) is 2.82. The minimum Gasteiger partial charge on any atom is -0.377 e. The Balaban J connectivity index is 2.72. The second-order valence-corrected chi connectivity index (χ2v) is 4.26. The van der Waals surface area contributed by atoms with E-state index < -0.39 is 0 Å². The molecular formula is C13H26N4O. The smallest absolute Gasteiger partial charge is 0.138 e. The highest BCUT2D eigenvalue weighted by atomic mass is 16.5. The van der Waals surface area contributed by atoms with Gasteiger partial charge in [-0.25, -0.2) is 4.98 Å². The van der Waals surface area contributed by atoms with Crippen molar-refractivity contribution in [3.63, 3.8) is 0 Å². The topological polar surface area (TPSA) is 52.0 Å². The summed E-state index contributed by atoms with van der Waals surface area (Å²) < 4.78 is 7.76. The highest BCUT2D eigenvalue weighted by Gasteiger charge is 2.21. The predicted molar refractivity (Wildman–Crippen MR) is 72.6 cm³/mol. The van der Waals surface area contributed by atoms with Gasteiger partial charge in [-0.1, -0.05) is 13.8 Å². The molecule has 1 N–H and O–H groups in total. The summed E-state index contributed by atoms with van der Waals surface area (Å²) in [6.07, 6.45) is 3.73. The average molecular weight is 254 g/mol. The Bertz CT molecular complexity index is 327. The number of aromatic nitrogens is 3. The standard InChI is InChI=1S/C13H26N4O/c1-5-12(18-8-4)11(14-6-2)9-13-15-10-16-17(13)7-3/h10-12,14H,5-9H2,1-4H3. The molecule has 104 valence electrons. The van der Waals surface area contributed by atoms with Crippen molar-refractivity contribution in [1.82, 2.24) is 20.1 Å². The number of hydrogen-bond acceptors (Lipinski definition) is 4. The lowest BCUT2D eigenvalue weighted by molar-refractivity contribution is 0.0316. The van der Waals surface area contributed by atoms with Crippen molar-refractivity contribution in [2.75, 3.05) is 13.2 Å². The number of hydrogen-bond donors (Lipinski definition) is 1. The van der Waals surface area contributed by atoms with Crippen LogP contribution in [-0.4, -0.2) is 40.1 Å². The Kier molecular flexibility index (Phi) is 6.90. The third-order valence-electron chi connectivity index (χ3n) is 3.10. The zero-order valence-corrected chi connectivity index (χ0v) is 12.0. The Morgan fingerprint density at radius 1 is 1.33 bits per heavy atom. The van der Waals surface area contributed by atoms with Crippen LogP contribution in [0.25, 0.3) is 0 Å². The van der Waals surface area contributed by atoms with Crippen molar-refractivity contribution in [1.29, 1.82) is 0 Å². The highest BCUT2D eigenvalue weighted by Crippen LogP contribution is 2.10. The van der Waals surface area contributed by atoms with Gasteiger partial charge in [0.25, 0.3) is 0 Å². The lowest BCUT2D eigenvalue weighted by Crippen LogP contribution is -2.43. The molecule has 0 aliphatic rings. The van der Waals surface area contributed by atoms with Gasteiger partial charge in [-0.2, -0.15) is 5.10 Å².